The van der Waals surface area contributed by atoms with Gasteiger partial charge in [0.05, 0.1) is 5.41 Å². The summed E-state index contributed by atoms with van der Waals surface area (Å²) in [6, 6.07) is 8.24. The third kappa shape index (κ3) is 4.38. The molecule has 0 spiro atoms. The molecule has 138 valence electrons. The summed E-state index contributed by atoms with van der Waals surface area (Å²) in [5.74, 6) is 0.235. The standard InChI is InChI=1S/C21H31ClN2O/c1-2-3-14-24-15-10-19(11-16-24)23-20(25)21(12-4-5-13-21)17-6-8-18(22)9-7-17/h6-9,19H,2-5,10-16H2,1H3,(H,23,25). The summed E-state index contributed by atoms with van der Waals surface area (Å²) in [5, 5.41) is 4.13. The molecule has 2 fully saturated rings. The van der Waals surface area contributed by atoms with Gasteiger partial charge in [-0.15, -0.1) is 0 Å². The maximum atomic E-state index is 13.2. The fourth-order valence-corrected chi connectivity index (χ4v) is 4.53. The first-order valence-corrected chi connectivity index (χ1v) is 10.3. The Kier molecular flexibility index (Phi) is 6.40. The monoisotopic (exact) mass is 362 g/mol. The van der Waals surface area contributed by atoms with Crippen LogP contribution in [0.1, 0.15) is 63.9 Å². The van der Waals surface area contributed by atoms with Crippen LogP contribution in [0.25, 0.3) is 0 Å². The molecule has 1 aliphatic carbocycles. The number of carbonyl (C=O) groups excluding carboxylic acids is 1. The van der Waals surface area contributed by atoms with Crippen LogP contribution in [-0.2, 0) is 10.2 Å². The predicted octanol–water partition coefficient (Wildman–Crippen LogP) is 4.53. The third-order valence-corrected chi connectivity index (χ3v) is 6.29. The summed E-state index contributed by atoms with van der Waals surface area (Å²) in [5.41, 5.74) is 0.788. The van der Waals surface area contributed by atoms with Crippen LogP contribution in [0.15, 0.2) is 24.3 Å². The number of carbonyl (C=O) groups is 1. The second-order valence-corrected chi connectivity index (χ2v) is 8.18. The Hall–Kier alpha value is -1.06. The number of rotatable bonds is 6. The van der Waals surface area contributed by atoms with Crippen LogP contribution in [0.5, 0.6) is 0 Å². The molecule has 25 heavy (non-hydrogen) atoms. The number of nitrogens with one attached hydrogen (secondary N) is 1. The highest BCUT2D eigenvalue weighted by molar-refractivity contribution is 6.30. The molecule has 0 aromatic heterocycles. The van der Waals surface area contributed by atoms with Gasteiger partial charge < -0.3 is 10.2 Å². The van der Waals surface area contributed by atoms with Gasteiger partial charge in [0.2, 0.25) is 5.91 Å². The van der Waals surface area contributed by atoms with E-state index in [0.717, 1.165) is 62.2 Å². The summed E-state index contributed by atoms with van der Waals surface area (Å²) in [6.07, 6.45) is 8.85. The first-order chi connectivity index (χ1) is 12.1. The topological polar surface area (TPSA) is 32.3 Å². The van der Waals surface area contributed by atoms with Crippen LogP contribution < -0.4 is 5.32 Å². The Morgan fingerprint density at radius 2 is 1.84 bits per heavy atom. The molecule has 4 heteroatoms. The first-order valence-electron chi connectivity index (χ1n) is 9.93. The van der Waals surface area contributed by atoms with Crippen LogP contribution in [0, 0.1) is 0 Å². The van der Waals surface area contributed by atoms with E-state index in [-0.39, 0.29) is 11.3 Å². The molecule has 1 heterocycles. The fraction of sp³-hybridized carbons (Fsp3) is 0.667. The normalized spacial score (nSPS) is 21.4. The van der Waals surface area contributed by atoms with Crippen LogP contribution in [-0.4, -0.2) is 36.5 Å². The van der Waals surface area contributed by atoms with E-state index in [0.29, 0.717) is 6.04 Å². The van der Waals surface area contributed by atoms with Crippen LogP contribution >= 0.6 is 11.6 Å². The third-order valence-electron chi connectivity index (χ3n) is 6.04. The maximum Gasteiger partial charge on any atom is 0.230 e. The summed E-state index contributed by atoms with van der Waals surface area (Å²) in [4.78, 5) is 15.8. The molecule has 0 atom stereocenters. The summed E-state index contributed by atoms with van der Waals surface area (Å²) < 4.78 is 0. The second kappa shape index (κ2) is 8.55. The van der Waals surface area contributed by atoms with Crippen molar-refractivity contribution < 1.29 is 4.79 Å². The molecule has 1 aromatic rings. The van der Waals surface area contributed by atoms with Crippen molar-refractivity contribution in [1.29, 1.82) is 0 Å². The number of halogens is 1. The largest absolute Gasteiger partial charge is 0.353 e. The van der Waals surface area contributed by atoms with Gasteiger partial charge in [0.15, 0.2) is 0 Å². The number of piperidine rings is 1. The number of hydrogen-bond acceptors (Lipinski definition) is 2. The van der Waals surface area contributed by atoms with E-state index in [1.165, 1.54) is 19.4 Å². The highest BCUT2D eigenvalue weighted by atomic mass is 35.5. The minimum absolute atomic E-state index is 0.235. The number of hydrogen-bond donors (Lipinski definition) is 1. The molecule has 0 bridgehead atoms. The minimum Gasteiger partial charge on any atom is -0.353 e. The molecule has 1 amide bonds. The zero-order chi connectivity index (χ0) is 17.7. The lowest BCUT2D eigenvalue weighted by molar-refractivity contribution is -0.127. The van der Waals surface area contributed by atoms with E-state index in [2.05, 4.69) is 17.1 Å². The van der Waals surface area contributed by atoms with Crippen molar-refractivity contribution in [3.05, 3.63) is 34.9 Å². The van der Waals surface area contributed by atoms with Gasteiger partial charge in [-0.3, -0.25) is 4.79 Å². The van der Waals surface area contributed by atoms with Crippen LogP contribution in [0.2, 0.25) is 5.02 Å². The lowest BCUT2D eigenvalue weighted by Crippen LogP contribution is -2.50. The van der Waals surface area contributed by atoms with Crippen molar-refractivity contribution in [2.45, 2.75) is 69.7 Å². The Labute approximate surface area is 157 Å². The molecule has 1 aliphatic heterocycles. The van der Waals surface area contributed by atoms with Crippen molar-refractivity contribution in [1.82, 2.24) is 10.2 Å². The summed E-state index contributed by atoms with van der Waals surface area (Å²) in [7, 11) is 0. The van der Waals surface area contributed by atoms with Gasteiger partial charge in [0.25, 0.3) is 0 Å². The van der Waals surface area contributed by atoms with Gasteiger partial charge in [-0.1, -0.05) is 49.9 Å². The highest BCUT2D eigenvalue weighted by Crippen LogP contribution is 2.42. The Balaban J connectivity index is 1.62. The van der Waals surface area contributed by atoms with Gasteiger partial charge >= 0.3 is 0 Å². The highest BCUT2D eigenvalue weighted by Gasteiger charge is 2.43. The van der Waals surface area contributed by atoms with E-state index < -0.39 is 0 Å². The van der Waals surface area contributed by atoms with Crippen LogP contribution in [0.4, 0.5) is 0 Å². The number of unbranched alkanes of at least 4 members (excludes halogenated alkanes) is 1. The van der Waals surface area contributed by atoms with Gasteiger partial charge in [0, 0.05) is 24.2 Å². The van der Waals surface area contributed by atoms with Crippen molar-refractivity contribution in [3.8, 4) is 0 Å². The Morgan fingerprint density at radius 1 is 1.20 bits per heavy atom. The molecular weight excluding hydrogens is 332 g/mol. The number of likely N-dealkylation sites (tertiary alicyclic amines) is 1. The molecule has 0 radical (unpaired) electrons. The maximum absolute atomic E-state index is 13.2. The molecule has 1 N–H and O–H groups in total. The van der Waals surface area contributed by atoms with E-state index in [1.54, 1.807) is 0 Å². The Morgan fingerprint density at radius 3 is 2.44 bits per heavy atom. The van der Waals surface area contributed by atoms with Gasteiger partial charge in [-0.2, -0.15) is 0 Å². The smallest absolute Gasteiger partial charge is 0.230 e. The summed E-state index contributed by atoms with van der Waals surface area (Å²) >= 11 is 6.04. The average molecular weight is 363 g/mol. The predicted molar refractivity (Wildman–Crippen MR) is 104 cm³/mol. The Bertz CT molecular complexity index is 558. The van der Waals surface area contributed by atoms with Crippen LogP contribution in [0.3, 0.4) is 0 Å². The fourth-order valence-electron chi connectivity index (χ4n) is 4.40. The van der Waals surface area contributed by atoms with E-state index in [9.17, 15) is 4.79 Å². The molecule has 1 saturated carbocycles. The second-order valence-electron chi connectivity index (χ2n) is 7.74. The summed E-state index contributed by atoms with van der Waals surface area (Å²) in [6.45, 7) is 5.66. The molecule has 1 aromatic carbocycles. The lowest BCUT2D eigenvalue weighted by atomic mass is 9.77. The van der Waals surface area contributed by atoms with Crippen molar-refractivity contribution in [2.24, 2.45) is 0 Å². The molecule has 3 rings (SSSR count). The van der Waals surface area contributed by atoms with Crippen molar-refractivity contribution in [3.63, 3.8) is 0 Å². The van der Waals surface area contributed by atoms with Gasteiger partial charge in [-0.25, -0.2) is 0 Å². The average Bonchev–Trinajstić information content (AvgIpc) is 3.13. The molecule has 3 nitrogen and oxygen atoms in total. The van der Waals surface area contributed by atoms with Gasteiger partial charge in [0.1, 0.15) is 0 Å². The zero-order valence-corrected chi connectivity index (χ0v) is 16.2. The molecule has 1 saturated heterocycles. The number of nitrogens with zero attached hydrogens (tertiary/aromatic N) is 1. The number of amides is 1. The van der Waals surface area contributed by atoms with Gasteiger partial charge in [-0.05, 0) is 56.3 Å². The van der Waals surface area contributed by atoms with E-state index in [4.69, 9.17) is 11.6 Å². The van der Waals surface area contributed by atoms with Crippen molar-refractivity contribution in [2.75, 3.05) is 19.6 Å². The quantitative estimate of drug-likeness (QED) is 0.806. The van der Waals surface area contributed by atoms with E-state index in [1.807, 2.05) is 24.3 Å². The van der Waals surface area contributed by atoms with E-state index >= 15 is 0 Å². The molecule has 2 aliphatic rings. The first kappa shape index (κ1) is 18.7. The molecular formula is C21H31ClN2O. The molecule has 0 unspecified atom stereocenters. The van der Waals surface area contributed by atoms with Crippen molar-refractivity contribution >= 4 is 17.5 Å². The zero-order valence-electron chi connectivity index (χ0n) is 15.4. The SMILES string of the molecule is CCCCN1CCC(NC(=O)C2(c3ccc(Cl)cc3)CCCC2)CC1. The lowest BCUT2D eigenvalue weighted by Gasteiger charge is -2.35. The minimum atomic E-state index is -0.343. The number of benzene rings is 1.